The number of H-pyrrole nitrogens is 1. The highest BCUT2D eigenvalue weighted by Gasteiger charge is 2.29. The van der Waals surface area contributed by atoms with Crippen molar-refractivity contribution in [3.63, 3.8) is 0 Å². The van der Waals surface area contributed by atoms with Crippen molar-refractivity contribution in [2.75, 3.05) is 44.2 Å². The topological polar surface area (TPSA) is 51.4 Å². The third-order valence-corrected chi connectivity index (χ3v) is 6.88. The summed E-state index contributed by atoms with van der Waals surface area (Å²) in [6, 6.07) is 19.1. The Bertz CT molecular complexity index is 1020. The molecular formula is C26H32N4O. The fourth-order valence-corrected chi connectivity index (χ4v) is 5.18. The molecule has 162 valence electrons. The molecule has 0 radical (unpaired) electrons. The highest BCUT2D eigenvalue weighted by atomic mass is 16.1. The number of nitrogens with zero attached hydrogens (tertiary/aromatic N) is 2. The zero-order valence-electron chi connectivity index (χ0n) is 18.1. The zero-order chi connectivity index (χ0) is 21.0. The van der Waals surface area contributed by atoms with Crippen molar-refractivity contribution < 1.29 is 4.79 Å². The Balaban J connectivity index is 1.09. The number of aromatic nitrogens is 1. The largest absolute Gasteiger partial charge is 0.369 e. The second-order valence-corrected chi connectivity index (χ2v) is 8.82. The first kappa shape index (κ1) is 20.1. The number of carbonyl (C=O) groups is 1. The third-order valence-electron chi connectivity index (χ3n) is 6.88. The predicted molar refractivity (Wildman–Crippen MR) is 127 cm³/mol. The van der Waals surface area contributed by atoms with Crippen molar-refractivity contribution in [1.29, 1.82) is 0 Å². The molecule has 1 unspecified atom stereocenters. The van der Waals surface area contributed by atoms with Crippen LogP contribution < -0.4 is 10.2 Å². The summed E-state index contributed by atoms with van der Waals surface area (Å²) in [4.78, 5) is 21.4. The van der Waals surface area contributed by atoms with Crippen LogP contribution in [-0.2, 0) is 11.2 Å². The number of amides is 1. The number of hydrogen-bond donors (Lipinski definition) is 2. The lowest BCUT2D eigenvalue weighted by atomic mass is 9.86. The highest BCUT2D eigenvalue weighted by Crippen LogP contribution is 2.36. The molecule has 0 saturated carbocycles. The third kappa shape index (κ3) is 4.33. The van der Waals surface area contributed by atoms with Gasteiger partial charge in [0.25, 0.3) is 0 Å². The molecule has 2 heterocycles. The van der Waals surface area contributed by atoms with E-state index in [1.807, 2.05) is 0 Å². The number of piperazine rings is 1. The van der Waals surface area contributed by atoms with E-state index in [1.54, 1.807) is 0 Å². The number of nitrogens with one attached hydrogen (secondary N) is 2. The molecule has 1 saturated heterocycles. The van der Waals surface area contributed by atoms with E-state index in [-0.39, 0.29) is 11.8 Å². The van der Waals surface area contributed by atoms with Gasteiger partial charge < -0.3 is 15.2 Å². The Kier molecular flexibility index (Phi) is 5.94. The molecule has 2 N–H and O–H groups in total. The number of fused-ring (bicyclic) bond motifs is 3. The van der Waals surface area contributed by atoms with Crippen molar-refractivity contribution in [3.8, 4) is 0 Å². The van der Waals surface area contributed by atoms with Crippen LogP contribution in [0.2, 0.25) is 0 Å². The van der Waals surface area contributed by atoms with Crippen LogP contribution in [0.15, 0.2) is 54.6 Å². The predicted octanol–water partition coefficient (Wildman–Crippen LogP) is 3.92. The van der Waals surface area contributed by atoms with Crippen molar-refractivity contribution >= 4 is 22.5 Å². The number of anilines is 1. The van der Waals surface area contributed by atoms with E-state index >= 15 is 0 Å². The molecule has 5 rings (SSSR count). The van der Waals surface area contributed by atoms with Crippen LogP contribution in [0.3, 0.4) is 0 Å². The Morgan fingerprint density at radius 1 is 1.00 bits per heavy atom. The summed E-state index contributed by atoms with van der Waals surface area (Å²) < 4.78 is 0. The van der Waals surface area contributed by atoms with Crippen LogP contribution in [0.5, 0.6) is 0 Å². The van der Waals surface area contributed by atoms with E-state index in [2.05, 4.69) is 74.7 Å². The molecule has 1 aliphatic heterocycles. The van der Waals surface area contributed by atoms with Crippen LogP contribution in [0.25, 0.3) is 10.9 Å². The van der Waals surface area contributed by atoms with Crippen molar-refractivity contribution in [2.24, 2.45) is 0 Å². The molecule has 2 aliphatic rings. The van der Waals surface area contributed by atoms with E-state index < -0.39 is 0 Å². The number of aryl methyl sites for hydroxylation is 1. The van der Waals surface area contributed by atoms with Gasteiger partial charge in [-0.25, -0.2) is 0 Å². The van der Waals surface area contributed by atoms with Crippen LogP contribution in [0, 0.1) is 0 Å². The van der Waals surface area contributed by atoms with Crippen LogP contribution in [-0.4, -0.2) is 55.1 Å². The minimum absolute atomic E-state index is 0.0365. The van der Waals surface area contributed by atoms with Crippen LogP contribution in [0.4, 0.5) is 5.69 Å². The maximum absolute atomic E-state index is 12.9. The molecule has 5 heteroatoms. The summed E-state index contributed by atoms with van der Waals surface area (Å²) >= 11 is 0. The highest BCUT2D eigenvalue weighted by molar-refractivity contribution is 5.90. The lowest BCUT2D eigenvalue weighted by Gasteiger charge is -2.36. The van der Waals surface area contributed by atoms with E-state index in [1.165, 1.54) is 16.6 Å². The summed E-state index contributed by atoms with van der Waals surface area (Å²) in [6.45, 7) is 6.12. The van der Waals surface area contributed by atoms with E-state index in [9.17, 15) is 4.79 Å². The number of carbonyl (C=O) groups excluding carboxylic acids is 1. The number of aromatic amines is 1. The quantitative estimate of drug-likeness (QED) is 0.599. The average molecular weight is 417 g/mol. The Morgan fingerprint density at radius 2 is 1.77 bits per heavy atom. The van der Waals surface area contributed by atoms with Gasteiger partial charge in [-0.2, -0.15) is 0 Å². The molecule has 0 spiro atoms. The number of hydrogen-bond acceptors (Lipinski definition) is 3. The Hall–Kier alpha value is -2.79. The summed E-state index contributed by atoms with van der Waals surface area (Å²) in [7, 11) is 0. The van der Waals surface area contributed by atoms with Crippen LogP contribution in [0.1, 0.15) is 36.4 Å². The normalized spacial score (nSPS) is 19.4. The van der Waals surface area contributed by atoms with E-state index in [0.717, 1.165) is 76.2 Å². The van der Waals surface area contributed by atoms with Gasteiger partial charge in [-0.1, -0.05) is 36.4 Å². The molecule has 1 fully saturated rings. The lowest BCUT2D eigenvalue weighted by molar-refractivity contribution is -0.122. The minimum Gasteiger partial charge on any atom is -0.369 e. The first-order valence-electron chi connectivity index (χ1n) is 11.7. The molecule has 1 amide bonds. The summed E-state index contributed by atoms with van der Waals surface area (Å²) in [5.74, 6) is 0.145. The van der Waals surface area contributed by atoms with Gasteiger partial charge in [-0.05, 0) is 56.0 Å². The smallest absolute Gasteiger partial charge is 0.229 e. The molecule has 31 heavy (non-hydrogen) atoms. The second-order valence-electron chi connectivity index (χ2n) is 8.82. The van der Waals surface area contributed by atoms with Gasteiger partial charge in [0.15, 0.2) is 0 Å². The molecular weight excluding hydrogens is 384 g/mol. The lowest BCUT2D eigenvalue weighted by Crippen LogP contribution is -2.47. The van der Waals surface area contributed by atoms with Gasteiger partial charge in [0.05, 0.1) is 5.92 Å². The monoisotopic (exact) mass is 416 g/mol. The van der Waals surface area contributed by atoms with Gasteiger partial charge in [0, 0.05) is 55.0 Å². The summed E-state index contributed by atoms with van der Waals surface area (Å²) in [5, 5.41) is 4.50. The second kappa shape index (κ2) is 9.15. The molecule has 3 aromatic rings. The zero-order valence-corrected chi connectivity index (χ0v) is 18.1. The average Bonchev–Trinajstić information content (AvgIpc) is 3.21. The summed E-state index contributed by atoms with van der Waals surface area (Å²) in [5.41, 5.74) is 4.96. The molecule has 0 bridgehead atoms. The summed E-state index contributed by atoms with van der Waals surface area (Å²) in [6.07, 6.45) is 4.09. The first-order chi connectivity index (χ1) is 15.3. The van der Waals surface area contributed by atoms with Crippen molar-refractivity contribution in [3.05, 3.63) is 65.9 Å². The van der Waals surface area contributed by atoms with E-state index in [4.69, 9.17) is 0 Å². The van der Waals surface area contributed by atoms with Gasteiger partial charge >= 0.3 is 0 Å². The molecule has 5 nitrogen and oxygen atoms in total. The van der Waals surface area contributed by atoms with E-state index in [0.29, 0.717) is 0 Å². The standard InChI is InChI=1S/C26H32N4O/c31-26(23-12-6-11-22-21-10-4-5-13-24(21)28-25(22)23)27-14-7-15-29-16-18-30(19-17-29)20-8-2-1-3-9-20/h1-5,8-10,13,23,28H,6-7,11-12,14-19H2,(H,27,31). The molecule has 1 aromatic heterocycles. The number of benzene rings is 2. The van der Waals surface area contributed by atoms with Gasteiger partial charge in [0.1, 0.15) is 0 Å². The van der Waals surface area contributed by atoms with Crippen molar-refractivity contribution in [2.45, 2.75) is 31.6 Å². The minimum atomic E-state index is -0.0365. The van der Waals surface area contributed by atoms with Gasteiger partial charge in [-0.3, -0.25) is 9.69 Å². The SMILES string of the molecule is O=C(NCCCN1CCN(c2ccccc2)CC1)C1CCCc2c1[nH]c1ccccc21. The number of para-hydroxylation sites is 2. The maximum Gasteiger partial charge on any atom is 0.229 e. The van der Waals surface area contributed by atoms with Crippen molar-refractivity contribution in [1.82, 2.24) is 15.2 Å². The Labute approximate surface area is 184 Å². The molecule has 1 atom stereocenters. The molecule has 1 aliphatic carbocycles. The maximum atomic E-state index is 12.9. The van der Waals surface area contributed by atoms with Crippen LogP contribution >= 0.6 is 0 Å². The first-order valence-corrected chi connectivity index (χ1v) is 11.7. The fourth-order valence-electron chi connectivity index (χ4n) is 5.18. The fraction of sp³-hybridized carbons (Fsp3) is 0.423. The Morgan fingerprint density at radius 3 is 2.61 bits per heavy atom. The van der Waals surface area contributed by atoms with Gasteiger partial charge in [-0.15, -0.1) is 0 Å². The van der Waals surface area contributed by atoms with Gasteiger partial charge in [0.2, 0.25) is 5.91 Å². The molecule has 2 aromatic carbocycles. The number of rotatable bonds is 6.